The van der Waals surface area contributed by atoms with Gasteiger partial charge in [0.15, 0.2) is 5.69 Å². The van der Waals surface area contributed by atoms with Crippen molar-refractivity contribution in [2.24, 2.45) is 0 Å². The Labute approximate surface area is 135 Å². The third-order valence-electron chi connectivity index (χ3n) is 4.00. The van der Waals surface area contributed by atoms with Crippen molar-refractivity contribution in [3.8, 4) is 5.69 Å². The first kappa shape index (κ1) is 15.1. The van der Waals surface area contributed by atoms with E-state index in [0.717, 1.165) is 25.3 Å². The van der Waals surface area contributed by atoms with Crippen LogP contribution in [0.4, 0.5) is 0 Å². The first-order chi connectivity index (χ1) is 10.6. The molecule has 0 saturated carbocycles. The second-order valence-corrected chi connectivity index (χ2v) is 6.11. The zero-order valence-corrected chi connectivity index (χ0v) is 13.5. The Bertz CT molecular complexity index is 684. The summed E-state index contributed by atoms with van der Waals surface area (Å²) in [6.07, 6.45) is 1.77. The minimum Gasteiger partial charge on any atom is -0.332 e. The van der Waals surface area contributed by atoms with E-state index in [2.05, 4.69) is 24.0 Å². The van der Waals surface area contributed by atoms with Crippen molar-refractivity contribution in [2.45, 2.75) is 13.0 Å². The molecular formula is C16H19ClN4O. The van der Waals surface area contributed by atoms with Gasteiger partial charge in [-0.3, -0.25) is 4.79 Å². The van der Waals surface area contributed by atoms with Gasteiger partial charge in [-0.2, -0.15) is 5.10 Å². The Hall–Kier alpha value is -1.85. The lowest BCUT2D eigenvalue weighted by Gasteiger charge is -2.37. The summed E-state index contributed by atoms with van der Waals surface area (Å²) >= 11 is 6.17. The van der Waals surface area contributed by atoms with Gasteiger partial charge in [0, 0.05) is 31.9 Å². The van der Waals surface area contributed by atoms with Gasteiger partial charge in [0.1, 0.15) is 0 Å². The lowest BCUT2D eigenvalue weighted by molar-refractivity contribution is 0.0527. The van der Waals surface area contributed by atoms with Gasteiger partial charge >= 0.3 is 0 Å². The van der Waals surface area contributed by atoms with Crippen LogP contribution in [0.1, 0.15) is 17.4 Å². The van der Waals surface area contributed by atoms with Crippen LogP contribution in [0, 0.1) is 0 Å². The number of carbonyl (C=O) groups excluding carboxylic acids is 1. The molecule has 1 fully saturated rings. The lowest BCUT2D eigenvalue weighted by atomic mass is 10.2. The van der Waals surface area contributed by atoms with Crippen LogP contribution in [-0.2, 0) is 0 Å². The van der Waals surface area contributed by atoms with Crippen molar-refractivity contribution in [2.75, 3.05) is 26.7 Å². The van der Waals surface area contributed by atoms with E-state index in [-0.39, 0.29) is 11.9 Å². The van der Waals surface area contributed by atoms with Gasteiger partial charge in [-0.05, 0) is 32.2 Å². The molecule has 1 aliphatic heterocycles. The van der Waals surface area contributed by atoms with E-state index in [0.29, 0.717) is 10.7 Å². The summed E-state index contributed by atoms with van der Waals surface area (Å²) in [6, 6.07) is 9.39. The third kappa shape index (κ3) is 2.87. The van der Waals surface area contributed by atoms with Gasteiger partial charge in [0.05, 0.1) is 10.7 Å². The van der Waals surface area contributed by atoms with E-state index in [4.69, 9.17) is 11.6 Å². The molecule has 1 aromatic carbocycles. The van der Waals surface area contributed by atoms with E-state index in [1.165, 1.54) is 0 Å². The molecule has 0 N–H and O–H groups in total. The maximum absolute atomic E-state index is 12.6. The summed E-state index contributed by atoms with van der Waals surface area (Å²) in [5, 5.41) is 5.01. The summed E-state index contributed by atoms with van der Waals surface area (Å²) in [4.78, 5) is 16.8. The number of hydrogen-bond donors (Lipinski definition) is 0. The number of piperazine rings is 1. The van der Waals surface area contributed by atoms with Gasteiger partial charge in [-0.15, -0.1) is 0 Å². The largest absolute Gasteiger partial charge is 0.332 e. The van der Waals surface area contributed by atoms with Crippen LogP contribution in [0.25, 0.3) is 5.69 Å². The molecular weight excluding hydrogens is 300 g/mol. The van der Waals surface area contributed by atoms with Gasteiger partial charge in [-0.1, -0.05) is 23.7 Å². The fraction of sp³-hybridized carbons (Fsp3) is 0.375. The third-order valence-corrected chi connectivity index (χ3v) is 4.32. The molecule has 0 spiro atoms. The fourth-order valence-electron chi connectivity index (χ4n) is 2.80. The number of para-hydroxylation sites is 1. The quantitative estimate of drug-likeness (QED) is 0.853. The van der Waals surface area contributed by atoms with Gasteiger partial charge in [-0.25, -0.2) is 4.68 Å². The molecule has 0 radical (unpaired) electrons. The van der Waals surface area contributed by atoms with Gasteiger partial charge in [0.2, 0.25) is 0 Å². The van der Waals surface area contributed by atoms with Crippen LogP contribution in [-0.4, -0.2) is 58.2 Å². The molecule has 1 aliphatic rings. The van der Waals surface area contributed by atoms with Crippen molar-refractivity contribution >= 4 is 17.5 Å². The first-order valence-corrected chi connectivity index (χ1v) is 7.74. The van der Waals surface area contributed by atoms with E-state index in [9.17, 15) is 4.79 Å². The number of benzene rings is 1. The van der Waals surface area contributed by atoms with E-state index in [1.54, 1.807) is 16.9 Å². The SMILES string of the molecule is C[C@H]1CN(C)CCN1C(=O)c1ccn(-c2ccccc2Cl)n1. The molecule has 3 rings (SSSR count). The minimum atomic E-state index is -0.0218. The van der Waals surface area contributed by atoms with Gasteiger partial charge in [0.25, 0.3) is 5.91 Å². The summed E-state index contributed by atoms with van der Waals surface area (Å²) in [7, 11) is 2.07. The van der Waals surface area contributed by atoms with E-state index in [1.807, 2.05) is 29.2 Å². The number of nitrogens with zero attached hydrogens (tertiary/aromatic N) is 4. The molecule has 1 amide bonds. The highest BCUT2D eigenvalue weighted by Gasteiger charge is 2.27. The highest BCUT2D eigenvalue weighted by Crippen LogP contribution is 2.20. The van der Waals surface area contributed by atoms with Crippen LogP contribution in [0.15, 0.2) is 36.5 Å². The van der Waals surface area contributed by atoms with Crippen molar-refractivity contribution in [1.82, 2.24) is 19.6 Å². The van der Waals surface area contributed by atoms with Crippen LogP contribution < -0.4 is 0 Å². The maximum atomic E-state index is 12.6. The van der Waals surface area contributed by atoms with Crippen molar-refractivity contribution in [3.05, 3.63) is 47.2 Å². The Morgan fingerprint density at radius 3 is 2.77 bits per heavy atom. The van der Waals surface area contributed by atoms with Gasteiger partial charge < -0.3 is 9.80 Å². The van der Waals surface area contributed by atoms with E-state index < -0.39 is 0 Å². The molecule has 22 heavy (non-hydrogen) atoms. The molecule has 116 valence electrons. The molecule has 1 saturated heterocycles. The molecule has 0 unspecified atom stereocenters. The lowest BCUT2D eigenvalue weighted by Crippen LogP contribution is -2.52. The Balaban J connectivity index is 1.82. The second kappa shape index (κ2) is 6.10. The Morgan fingerprint density at radius 1 is 1.27 bits per heavy atom. The maximum Gasteiger partial charge on any atom is 0.274 e. The standard InChI is InChI=1S/C16H19ClN4O/c1-12-11-19(2)9-10-20(12)16(22)14-7-8-21(18-14)15-6-4-3-5-13(15)17/h3-8,12H,9-11H2,1-2H3/t12-/m0/s1. The number of halogens is 1. The zero-order valence-electron chi connectivity index (χ0n) is 12.7. The molecule has 1 atom stereocenters. The average Bonchev–Trinajstić information content (AvgIpc) is 2.97. The Kier molecular flexibility index (Phi) is 4.18. The summed E-state index contributed by atoms with van der Waals surface area (Å²) in [5.41, 5.74) is 1.23. The van der Waals surface area contributed by atoms with Crippen molar-refractivity contribution in [1.29, 1.82) is 0 Å². The first-order valence-electron chi connectivity index (χ1n) is 7.36. The van der Waals surface area contributed by atoms with E-state index >= 15 is 0 Å². The summed E-state index contributed by atoms with van der Waals surface area (Å²) in [6.45, 7) is 4.58. The van der Waals surface area contributed by atoms with Crippen molar-refractivity contribution in [3.63, 3.8) is 0 Å². The number of aromatic nitrogens is 2. The topological polar surface area (TPSA) is 41.4 Å². The number of likely N-dealkylation sites (N-methyl/N-ethyl adjacent to an activating group) is 1. The normalized spacial score (nSPS) is 19.4. The molecule has 0 aliphatic carbocycles. The molecule has 2 heterocycles. The predicted octanol–water partition coefficient (Wildman–Crippen LogP) is 2.30. The predicted molar refractivity (Wildman–Crippen MR) is 86.6 cm³/mol. The Morgan fingerprint density at radius 2 is 2.05 bits per heavy atom. The average molecular weight is 319 g/mol. The highest BCUT2D eigenvalue weighted by molar-refractivity contribution is 6.32. The molecule has 5 nitrogen and oxygen atoms in total. The molecule has 2 aromatic rings. The molecule has 0 bridgehead atoms. The van der Waals surface area contributed by atoms with Crippen molar-refractivity contribution < 1.29 is 4.79 Å². The second-order valence-electron chi connectivity index (χ2n) is 5.71. The zero-order chi connectivity index (χ0) is 15.7. The molecule has 1 aromatic heterocycles. The molecule has 6 heteroatoms. The fourth-order valence-corrected chi connectivity index (χ4v) is 3.02. The number of carbonyl (C=O) groups is 1. The minimum absolute atomic E-state index is 0.0218. The number of amides is 1. The number of rotatable bonds is 2. The van der Waals surface area contributed by atoms with Crippen LogP contribution in [0.2, 0.25) is 5.02 Å². The number of hydrogen-bond acceptors (Lipinski definition) is 3. The smallest absolute Gasteiger partial charge is 0.274 e. The summed E-state index contributed by atoms with van der Waals surface area (Å²) in [5.74, 6) is -0.0218. The monoisotopic (exact) mass is 318 g/mol. The highest BCUT2D eigenvalue weighted by atomic mass is 35.5. The van der Waals surface area contributed by atoms with Crippen LogP contribution >= 0.6 is 11.6 Å². The van der Waals surface area contributed by atoms with Crippen LogP contribution in [0.5, 0.6) is 0 Å². The van der Waals surface area contributed by atoms with Crippen LogP contribution in [0.3, 0.4) is 0 Å². The summed E-state index contributed by atoms with van der Waals surface area (Å²) < 4.78 is 1.65.